The van der Waals surface area contributed by atoms with Gasteiger partial charge in [0.25, 0.3) is 5.91 Å². The summed E-state index contributed by atoms with van der Waals surface area (Å²) in [6.07, 6.45) is -4.56. The Labute approximate surface area is 190 Å². The number of hydrogen-bond acceptors (Lipinski definition) is 3. The molecule has 0 bridgehead atoms. The summed E-state index contributed by atoms with van der Waals surface area (Å²) in [6, 6.07) is 11.9. The Morgan fingerprint density at radius 1 is 1.03 bits per heavy atom. The Morgan fingerprint density at radius 2 is 1.70 bits per heavy atom. The lowest BCUT2D eigenvalue weighted by Gasteiger charge is -2.21. The number of benzene rings is 2. The third-order valence-electron chi connectivity index (χ3n) is 5.48. The van der Waals surface area contributed by atoms with Crippen molar-refractivity contribution in [2.24, 2.45) is 0 Å². The van der Waals surface area contributed by atoms with E-state index in [1.54, 1.807) is 32.0 Å². The van der Waals surface area contributed by atoms with E-state index in [0.717, 1.165) is 22.2 Å². The number of nitrogens with one attached hydrogen (secondary N) is 1. The lowest BCUT2D eigenvalue weighted by molar-refractivity contribution is -0.137. The van der Waals surface area contributed by atoms with Gasteiger partial charge < -0.3 is 9.88 Å². The maximum Gasteiger partial charge on any atom is 0.418 e. The molecule has 0 saturated heterocycles. The van der Waals surface area contributed by atoms with Crippen LogP contribution in [0.4, 0.5) is 24.5 Å². The quantitative estimate of drug-likeness (QED) is 0.508. The van der Waals surface area contributed by atoms with Crippen LogP contribution in [0.15, 0.2) is 48.5 Å². The fourth-order valence-electron chi connectivity index (χ4n) is 3.95. The molecule has 2 amide bonds. The summed E-state index contributed by atoms with van der Waals surface area (Å²) in [5.41, 5.74) is 2.19. The van der Waals surface area contributed by atoms with Crippen LogP contribution in [0.2, 0.25) is 0 Å². The van der Waals surface area contributed by atoms with Crippen molar-refractivity contribution < 1.29 is 22.8 Å². The van der Waals surface area contributed by atoms with E-state index in [0.29, 0.717) is 23.6 Å². The lowest BCUT2D eigenvalue weighted by atomic mass is 10.1. The van der Waals surface area contributed by atoms with E-state index in [9.17, 15) is 22.8 Å². The number of aryl methyl sites for hydroxylation is 2. The summed E-state index contributed by atoms with van der Waals surface area (Å²) in [5, 5.41) is 3.20. The van der Waals surface area contributed by atoms with Crippen molar-refractivity contribution in [3.63, 3.8) is 0 Å². The highest BCUT2D eigenvalue weighted by molar-refractivity contribution is 6.21. The number of alkyl halides is 3. The van der Waals surface area contributed by atoms with Gasteiger partial charge in [-0.1, -0.05) is 18.2 Å². The topological polar surface area (TPSA) is 54.3 Å². The summed E-state index contributed by atoms with van der Waals surface area (Å²) in [6.45, 7) is 9.00. The van der Waals surface area contributed by atoms with Crippen LogP contribution in [0.1, 0.15) is 46.7 Å². The fourth-order valence-corrected chi connectivity index (χ4v) is 3.95. The highest BCUT2D eigenvalue weighted by atomic mass is 19.4. The summed E-state index contributed by atoms with van der Waals surface area (Å²) < 4.78 is 42.2. The molecule has 0 fully saturated rings. The van der Waals surface area contributed by atoms with Crippen molar-refractivity contribution in [3.05, 3.63) is 76.6 Å². The number of para-hydroxylation sites is 1. The molecule has 8 heteroatoms. The van der Waals surface area contributed by atoms with Gasteiger partial charge in [-0.2, -0.15) is 13.2 Å². The Balaban J connectivity index is 2.12. The summed E-state index contributed by atoms with van der Waals surface area (Å²) >= 11 is 0. The third kappa shape index (κ3) is 4.65. The van der Waals surface area contributed by atoms with Crippen LogP contribution in [0.5, 0.6) is 0 Å². The number of amides is 2. The van der Waals surface area contributed by atoms with E-state index in [1.807, 2.05) is 13.8 Å². The van der Waals surface area contributed by atoms with E-state index < -0.39 is 23.6 Å². The van der Waals surface area contributed by atoms with Gasteiger partial charge in [-0.15, -0.1) is 0 Å². The molecule has 174 valence electrons. The Morgan fingerprint density at radius 3 is 2.30 bits per heavy atom. The number of carbonyl (C=O) groups is 2. The molecule has 33 heavy (non-hydrogen) atoms. The summed E-state index contributed by atoms with van der Waals surface area (Å²) in [5.74, 6) is -1.09. The smallest absolute Gasteiger partial charge is 0.385 e. The van der Waals surface area contributed by atoms with Crippen LogP contribution in [0.3, 0.4) is 0 Å². The maximum absolute atomic E-state index is 13.6. The second-order valence-electron chi connectivity index (χ2n) is 7.82. The highest BCUT2D eigenvalue weighted by Gasteiger charge is 2.35. The molecule has 5 nitrogen and oxygen atoms in total. The predicted octanol–water partition coefficient (Wildman–Crippen LogP) is 6.05. The van der Waals surface area contributed by atoms with Crippen LogP contribution in [0, 0.1) is 20.8 Å². The minimum Gasteiger partial charge on any atom is -0.385 e. The second kappa shape index (κ2) is 9.13. The van der Waals surface area contributed by atoms with Gasteiger partial charge >= 0.3 is 6.18 Å². The van der Waals surface area contributed by atoms with Gasteiger partial charge in [0.05, 0.1) is 22.5 Å². The van der Waals surface area contributed by atoms with E-state index in [1.165, 1.54) is 35.8 Å². The maximum atomic E-state index is 13.6. The first kappa shape index (κ1) is 24.1. The largest absolute Gasteiger partial charge is 0.418 e. The van der Waals surface area contributed by atoms with Crippen molar-refractivity contribution >= 4 is 23.2 Å². The van der Waals surface area contributed by atoms with Crippen LogP contribution in [-0.4, -0.2) is 22.9 Å². The number of halogens is 3. The molecule has 0 spiro atoms. The van der Waals surface area contributed by atoms with Gasteiger partial charge in [-0.05, 0) is 63.6 Å². The molecule has 1 heterocycles. The first-order chi connectivity index (χ1) is 15.5. The molecule has 3 rings (SSSR count). The Kier molecular flexibility index (Phi) is 6.67. The molecular weight excluding hydrogens is 431 g/mol. The number of carbonyl (C=O) groups excluding carboxylic acids is 2. The van der Waals surface area contributed by atoms with E-state index in [2.05, 4.69) is 5.32 Å². The van der Waals surface area contributed by atoms with Gasteiger partial charge in [0, 0.05) is 30.5 Å². The molecule has 0 aliphatic rings. The van der Waals surface area contributed by atoms with Crippen molar-refractivity contribution in [1.29, 1.82) is 0 Å². The molecule has 1 aromatic heterocycles. The van der Waals surface area contributed by atoms with Gasteiger partial charge in [-0.3, -0.25) is 9.59 Å². The van der Waals surface area contributed by atoms with E-state index in [4.69, 9.17) is 0 Å². The monoisotopic (exact) mass is 457 g/mol. The second-order valence-corrected chi connectivity index (χ2v) is 7.82. The molecule has 1 N–H and O–H groups in total. The van der Waals surface area contributed by atoms with Gasteiger partial charge in [0.15, 0.2) is 0 Å². The summed E-state index contributed by atoms with van der Waals surface area (Å²) in [4.78, 5) is 27.0. The number of aromatic nitrogens is 1. The molecule has 0 radical (unpaired) electrons. The Hall–Kier alpha value is -3.55. The minimum absolute atomic E-state index is 0.0711. The number of nitrogens with zero attached hydrogens (tertiary/aromatic N) is 2. The van der Waals surface area contributed by atoms with Crippen LogP contribution in [0.25, 0.3) is 5.69 Å². The van der Waals surface area contributed by atoms with Crippen LogP contribution >= 0.6 is 0 Å². The zero-order chi connectivity index (χ0) is 24.5. The van der Waals surface area contributed by atoms with Crippen LogP contribution < -0.4 is 10.2 Å². The third-order valence-corrected chi connectivity index (χ3v) is 5.48. The molecule has 3 aromatic rings. The number of hydrogen-bond donors (Lipinski definition) is 1. The number of imide groups is 1. The van der Waals surface area contributed by atoms with Crippen molar-refractivity contribution in [1.82, 2.24) is 4.57 Å². The highest BCUT2D eigenvalue weighted by Crippen LogP contribution is 2.36. The molecule has 0 unspecified atom stereocenters. The molecule has 0 aliphatic heterocycles. The van der Waals surface area contributed by atoms with Crippen molar-refractivity contribution in [2.75, 3.05) is 16.8 Å². The average molecular weight is 457 g/mol. The first-order valence-corrected chi connectivity index (χ1v) is 10.5. The molecular formula is C25H26F3N3O2. The fraction of sp³-hybridized carbons (Fsp3) is 0.280. The summed E-state index contributed by atoms with van der Waals surface area (Å²) in [7, 11) is 0. The molecule has 0 saturated carbocycles. The standard InChI is InChI=1S/C25H26F3N3O2/c1-6-29-22-14-19(12-11-15(22)2)31(18(5)32)24(33)20-13-16(3)30(17(20)4)23-10-8-7-9-21(23)25(26,27)28/h7-14,29H,6H2,1-5H3. The molecule has 0 atom stereocenters. The minimum atomic E-state index is -4.56. The van der Waals surface area contributed by atoms with Gasteiger partial charge in [-0.25, -0.2) is 4.90 Å². The zero-order valence-electron chi connectivity index (χ0n) is 19.2. The van der Waals surface area contributed by atoms with Gasteiger partial charge in [0.1, 0.15) is 0 Å². The van der Waals surface area contributed by atoms with E-state index >= 15 is 0 Å². The SMILES string of the molecule is CCNc1cc(N(C(C)=O)C(=O)c2cc(C)n(-c3ccccc3C(F)(F)F)c2C)ccc1C. The number of rotatable bonds is 5. The average Bonchev–Trinajstić information content (AvgIpc) is 3.03. The Bertz CT molecular complexity index is 1210. The lowest BCUT2D eigenvalue weighted by Crippen LogP contribution is -2.35. The zero-order valence-corrected chi connectivity index (χ0v) is 19.2. The predicted molar refractivity (Wildman–Crippen MR) is 123 cm³/mol. The van der Waals surface area contributed by atoms with Crippen molar-refractivity contribution in [3.8, 4) is 5.69 Å². The van der Waals surface area contributed by atoms with Gasteiger partial charge in [0.2, 0.25) is 5.91 Å². The molecule has 0 aliphatic carbocycles. The molecule has 2 aromatic carbocycles. The first-order valence-electron chi connectivity index (χ1n) is 10.5. The van der Waals surface area contributed by atoms with Crippen molar-refractivity contribution in [2.45, 2.75) is 40.8 Å². The van der Waals surface area contributed by atoms with E-state index in [-0.39, 0.29) is 11.3 Å². The number of anilines is 2. The van der Waals surface area contributed by atoms with Crippen LogP contribution in [-0.2, 0) is 11.0 Å². The normalized spacial score (nSPS) is 11.4.